The molecule has 0 bridgehead atoms. The first-order valence-electron chi connectivity index (χ1n) is 16.1. The molecule has 0 atom stereocenters. The van der Waals surface area contributed by atoms with E-state index in [4.69, 9.17) is 14.4 Å². The van der Waals surface area contributed by atoms with E-state index in [9.17, 15) is 0 Å². The van der Waals surface area contributed by atoms with Gasteiger partial charge in [0.15, 0.2) is 5.82 Å². The molecule has 0 aliphatic carbocycles. The van der Waals surface area contributed by atoms with E-state index in [1.54, 1.807) is 11.3 Å². The Balaban J connectivity index is 1.22. The van der Waals surface area contributed by atoms with Crippen molar-refractivity contribution < 1.29 is 4.42 Å². The molecule has 10 rings (SSSR count). The maximum Gasteiger partial charge on any atom is 0.160 e. The number of rotatable bonds is 4. The monoisotopic (exact) mass is 630 g/mol. The van der Waals surface area contributed by atoms with E-state index in [0.29, 0.717) is 5.82 Å². The Bertz CT molecular complexity index is 2830. The summed E-state index contributed by atoms with van der Waals surface area (Å²) < 4.78 is 9.02. The van der Waals surface area contributed by atoms with E-state index in [1.165, 1.54) is 26.6 Å². The van der Waals surface area contributed by atoms with Crippen molar-refractivity contribution in [3.8, 4) is 44.9 Å². The van der Waals surface area contributed by atoms with Gasteiger partial charge in [0.2, 0.25) is 0 Å². The summed E-state index contributed by atoms with van der Waals surface area (Å²) in [5.41, 5.74) is 10.3. The van der Waals surface area contributed by atoms with Gasteiger partial charge in [0.25, 0.3) is 0 Å². The van der Waals surface area contributed by atoms with Gasteiger partial charge in [-0.05, 0) is 39.6 Å². The van der Waals surface area contributed by atoms with Crippen LogP contribution in [0.2, 0.25) is 0 Å². The van der Waals surface area contributed by atoms with Crippen LogP contribution in [0, 0.1) is 0 Å². The number of furan rings is 1. The maximum absolute atomic E-state index is 6.75. The highest BCUT2D eigenvalue weighted by atomic mass is 32.1. The lowest BCUT2D eigenvalue weighted by Crippen LogP contribution is -1.94. The Morgan fingerprint density at radius 1 is 0.458 bits per heavy atom. The summed E-state index contributed by atoms with van der Waals surface area (Å²) in [7, 11) is 0. The van der Waals surface area contributed by atoms with Crippen LogP contribution in [0.4, 0.5) is 0 Å². The maximum atomic E-state index is 6.75. The van der Waals surface area contributed by atoms with Gasteiger partial charge < -0.3 is 4.42 Å². The van der Waals surface area contributed by atoms with Gasteiger partial charge in [0.1, 0.15) is 11.2 Å². The lowest BCUT2D eigenvalue weighted by Gasteiger charge is -2.09. The summed E-state index contributed by atoms with van der Waals surface area (Å²) in [6.07, 6.45) is 0. The molecule has 0 fully saturated rings. The molecule has 3 heterocycles. The normalized spacial score (nSPS) is 11.8. The lowest BCUT2D eigenvalue weighted by atomic mass is 9.96. The molecule has 4 heteroatoms. The van der Waals surface area contributed by atoms with Crippen LogP contribution in [0.3, 0.4) is 0 Å². The zero-order chi connectivity index (χ0) is 31.6. The second-order valence-corrected chi connectivity index (χ2v) is 13.2. The average Bonchev–Trinajstić information content (AvgIpc) is 3.73. The van der Waals surface area contributed by atoms with Crippen LogP contribution in [0.1, 0.15) is 0 Å². The molecule has 224 valence electrons. The fraction of sp³-hybridized carbons (Fsp3) is 0. The number of aromatic nitrogens is 2. The molecule has 3 aromatic heterocycles. The second-order valence-electron chi connectivity index (χ2n) is 12.1. The van der Waals surface area contributed by atoms with E-state index in [1.807, 2.05) is 6.07 Å². The topological polar surface area (TPSA) is 38.9 Å². The van der Waals surface area contributed by atoms with Crippen molar-refractivity contribution in [2.24, 2.45) is 0 Å². The van der Waals surface area contributed by atoms with Gasteiger partial charge in [-0.2, -0.15) is 0 Å². The predicted octanol–water partition coefficient (Wildman–Crippen LogP) is 12.6. The van der Waals surface area contributed by atoms with Gasteiger partial charge in [0.05, 0.1) is 15.9 Å². The number of benzene rings is 7. The molecule has 0 amide bonds. The minimum absolute atomic E-state index is 0.710. The number of hydrogen-bond donors (Lipinski definition) is 0. The highest BCUT2D eigenvalue weighted by molar-refractivity contribution is 7.26. The van der Waals surface area contributed by atoms with E-state index >= 15 is 0 Å². The molecule has 48 heavy (non-hydrogen) atoms. The fourth-order valence-electron chi connectivity index (χ4n) is 7.06. The fourth-order valence-corrected chi connectivity index (χ4v) is 8.21. The van der Waals surface area contributed by atoms with Crippen LogP contribution >= 0.6 is 11.3 Å². The number of hydrogen-bond acceptors (Lipinski definition) is 4. The van der Waals surface area contributed by atoms with Gasteiger partial charge in [-0.25, -0.2) is 9.97 Å². The summed E-state index contributed by atoms with van der Waals surface area (Å²) >= 11 is 1.75. The van der Waals surface area contributed by atoms with Gasteiger partial charge in [-0.15, -0.1) is 11.3 Å². The number of thiophene rings is 1. The molecular formula is C44H26N2OS. The first kappa shape index (κ1) is 27.1. The Labute approximate surface area is 280 Å². The molecule has 0 spiro atoms. The average molecular weight is 631 g/mol. The highest BCUT2D eigenvalue weighted by Gasteiger charge is 2.22. The number of nitrogens with zero attached hydrogens (tertiary/aromatic N) is 2. The zero-order valence-corrected chi connectivity index (χ0v) is 26.5. The largest absolute Gasteiger partial charge is 0.455 e. The van der Waals surface area contributed by atoms with Crippen molar-refractivity contribution in [2.45, 2.75) is 0 Å². The van der Waals surface area contributed by atoms with Crippen molar-refractivity contribution in [3.63, 3.8) is 0 Å². The highest BCUT2D eigenvalue weighted by Crippen LogP contribution is 2.45. The molecule has 3 nitrogen and oxygen atoms in total. The van der Waals surface area contributed by atoms with Crippen LogP contribution in [0.15, 0.2) is 162 Å². The van der Waals surface area contributed by atoms with E-state index in [2.05, 4.69) is 152 Å². The Morgan fingerprint density at radius 2 is 1.10 bits per heavy atom. The molecule has 0 saturated carbocycles. The third-order valence-electron chi connectivity index (χ3n) is 9.33. The molecular weight excluding hydrogens is 605 g/mol. The SMILES string of the molecule is c1ccc(-c2ccc(-c3nc(-c4cccc5oc6c(-c7cccc8ccccc78)cccc6c45)c4sc5ccccc5c4n3)cc2)cc1. The molecule has 0 radical (unpaired) electrons. The van der Waals surface area contributed by atoms with Crippen LogP contribution in [-0.4, -0.2) is 9.97 Å². The van der Waals surface area contributed by atoms with E-state index in [0.717, 1.165) is 65.5 Å². The Hall–Kier alpha value is -6.10. The summed E-state index contributed by atoms with van der Waals surface area (Å²) in [5, 5.41) is 5.70. The molecule has 0 unspecified atom stereocenters. The van der Waals surface area contributed by atoms with Crippen molar-refractivity contribution in [1.29, 1.82) is 0 Å². The minimum Gasteiger partial charge on any atom is -0.455 e. The Kier molecular flexibility index (Phi) is 6.05. The summed E-state index contributed by atoms with van der Waals surface area (Å²) in [4.78, 5) is 10.6. The van der Waals surface area contributed by atoms with Crippen LogP contribution in [0.25, 0.3) is 97.9 Å². The smallest absolute Gasteiger partial charge is 0.160 e. The quantitative estimate of drug-likeness (QED) is 0.194. The van der Waals surface area contributed by atoms with Crippen LogP contribution in [-0.2, 0) is 0 Å². The lowest BCUT2D eigenvalue weighted by molar-refractivity contribution is 0.670. The van der Waals surface area contributed by atoms with Gasteiger partial charge in [0, 0.05) is 37.5 Å². The third-order valence-corrected chi connectivity index (χ3v) is 10.5. The van der Waals surface area contributed by atoms with Gasteiger partial charge >= 0.3 is 0 Å². The van der Waals surface area contributed by atoms with Crippen LogP contribution < -0.4 is 0 Å². The van der Waals surface area contributed by atoms with Gasteiger partial charge in [-0.1, -0.05) is 146 Å². The van der Waals surface area contributed by atoms with Crippen molar-refractivity contribution in [3.05, 3.63) is 158 Å². The summed E-state index contributed by atoms with van der Waals surface area (Å²) in [6.45, 7) is 0. The first-order valence-corrected chi connectivity index (χ1v) is 16.9. The predicted molar refractivity (Wildman–Crippen MR) is 201 cm³/mol. The van der Waals surface area contributed by atoms with E-state index < -0.39 is 0 Å². The van der Waals surface area contributed by atoms with Gasteiger partial charge in [-0.3, -0.25) is 0 Å². The molecule has 0 aliphatic rings. The Morgan fingerprint density at radius 3 is 2.00 bits per heavy atom. The first-order chi connectivity index (χ1) is 23.8. The standard InChI is InChI=1S/C44H26N2OS/c1-2-11-27(12-3-1)28-23-25-30(26-24-28)44-45-40-34-16-6-7-22-38(34)48-43(40)41(46-44)35-19-10-21-37-39(35)36-20-9-18-33(42(36)47-37)32-17-8-14-29-13-4-5-15-31(29)32/h1-26H. The van der Waals surface area contributed by atoms with Crippen molar-refractivity contribution in [1.82, 2.24) is 9.97 Å². The number of fused-ring (bicyclic) bond motifs is 7. The van der Waals surface area contributed by atoms with E-state index in [-0.39, 0.29) is 0 Å². The van der Waals surface area contributed by atoms with Crippen molar-refractivity contribution >= 4 is 64.4 Å². The molecule has 0 saturated heterocycles. The van der Waals surface area contributed by atoms with Crippen LogP contribution in [0.5, 0.6) is 0 Å². The number of para-hydroxylation sites is 1. The third kappa shape index (κ3) is 4.20. The molecule has 0 aliphatic heterocycles. The minimum atomic E-state index is 0.710. The summed E-state index contributed by atoms with van der Waals surface area (Å²) in [5.74, 6) is 0.710. The second kappa shape index (κ2) is 10.7. The summed E-state index contributed by atoms with van der Waals surface area (Å²) in [6, 6.07) is 55.3. The van der Waals surface area contributed by atoms with Crippen molar-refractivity contribution in [2.75, 3.05) is 0 Å². The molecule has 10 aromatic rings. The molecule has 7 aromatic carbocycles. The molecule has 0 N–H and O–H groups in total. The zero-order valence-electron chi connectivity index (χ0n) is 25.7.